The standard InChI is InChI=1S/C18H24N2O/c1-3-14-4-6-15(7-5-14)12-20(17-8-9-17)18(21)13(2)16-10-19-11-16/h4-7,17,19H,3,8-12H2,1-2H3. The molecular weight excluding hydrogens is 260 g/mol. The van der Waals surface area contributed by atoms with Gasteiger partial charge in [0.2, 0.25) is 5.91 Å². The van der Waals surface area contributed by atoms with Gasteiger partial charge in [-0.25, -0.2) is 0 Å². The van der Waals surface area contributed by atoms with Crippen LogP contribution in [0.3, 0.4) is 0 Å². The minimum atomic E-state index is 0.230. The molecule has 0 radical (unpaired) electrons. The van der Waals surface area contributed by atoms with Crippen LogP contribution in [0.25, 0.3) is 0 Å². The first-order valence-electron chi connectivity index (χ1n) is 7.97. The van der Waals surface area contributed by atoms with Gasteiger partial charge < -0.3 is 10.2 Å². The second kappa shape index (κ2) is 6.02. The van der Waals surface area contributed by atoms with E-state index >= 15 is 0 Å². The third-order valence-electron chi connectivity index (χ3n) is 4.56. The fourth-order valence-corrected chi connectivity index (χ4v) is 2.71. The van der Waals surface area contributed by atoms with E-state index in [-0.39, 0.29) is 5.91 Å². The molecule has 3 rings (SSSR count). The molecule has 0 unspecified atom stereocenters. The van der Waals surface area contributed by atoms with Crippen molar-refractivity contribution >= 4 is 5.91 Å². The predicted molar refractivity (Wildman–Crippen MR) is 85.0 cm³/mol. The zero-order chi connectivity index (χ0) is 14.8. The molecule has 2 fully saturated rings. The van der Waals surface area contributed by atoms with Gasteiger partial charge in [0.15, 0.2) is 0 Å². The summed E-state index contributed by atoms with van der Waals surface area (Å²) in [5.74, 6) is 0.230. The Morgan fingerprint density at radius 1 is 1.19 bits per heavy atom. The minimum Gasteiger partial charge on any atom is -0.332 e. The van der Waals surface area contributed by atoms with Gasteiger partial charge in [-0.3, -0.25) is 4.79 Å². The maximum absolute atomic E-state index is 12.7. The predicted octanol–water partition coefficient (Wildman–Crippen LogP) is 2.66. The molecule has 0 atom stereocenters. The molecule has 3 heteroatoms. The molecule has 1 aromatic carbocycles. The first-order valence-corrected chi connectivity index (χ1v) is 7.97. The largest absolute Gasteiger partial charge is 0.332 e. The number of hydrogen-bond acceptors (Lipinski definition) is 2. The maximum atomic E-state index is 12.7. The lowest BCUT2D eigenvalue weighted by molar-refractivity contribution is -0.128. The van der Waals surface area contributed by atoms with E-state index in [1.54, 1.807) is 0 Å². The number of rotatable bonds is 5. The van der Waals surface area contributed by atoms with Gasteiger partial charge in [-0.05, 0) is 42.9 Å². The van der Waals surface area contributed by atoms with Crippen LogP contribution in [-0.2, 0) is 17.8 Å². The average Bonchev–Trinajstić information content (AvgIpc) is 3.27. The molecule has 0 aromatic heterocycles. The Morgan fingerprint density at radius 3 is 2.29 bits per heavy atom. The number of carbonyl (C=O) groups excluding carboxylic acids is 1. The van der Waals surface area contributed by atoms with Crippen molar-refractivity contribution in [3.63, 3.8) is 0 Å². The molecule has 2 aliphatic rings. The second-order valence-electron chi connectivity index (χ2n) is 6.17. The highest BCUT2D eigenvalue weighted by Gasteiger charge is 2.34. The lowest BCUT2D eigenvalue weighted by atomic mass is 10.0. The van der Waals surface area contributed by atoms with Crippen LogP contribution in [0.5, 0.6) is 0 Å². The number of amides is 1. The molecule has 1 saturated carbocycles. The van der Waals surface area contributed by atoms with E-state index in [4.69, 9.17) is 0 Å². The topological polar surface area (TPSA) is 32.3 Å². The second-order valence-corrected chi connectivity index (χ2v) is 6.17. The molecule has 0 bridgehead atoms. The number of carbonyl (C=O) groups is 1. The number of aryl methyl sites for hydroxylation is 1. The van der Waals surface area contributed by atoms with Crippen LogP contribution in [-0.4, -0.2) is 29.9 Å². The van der Waals surface area contributed by atoms with E-state index < -0.39 is 0 Å². The first-order chi connectivity index (χ1) is 10.2. The summed E-state index contributed by atoms with van der Waals surface area (Å²) in [6, 6.07) is 9.12. The smallest absolute Gasteiger partial charge is 0.250 e. The Balaban J connectivity index is 1.73. The molecule has 112 valence electrons. The van der Waals surface area contributed by atoms with Crippen LogP contribution in [0.15, 0.2) is 35.4 Å². The lowest BCUT2D eigenvalue weighted by Crippen LogP contribution is -2.39. The summed E-state index contributed by atoms with van der Waals surface area (Å²) in [6.45, 7) is 6.64. The summed E-state index contributed by atoms with van der Waals surface area (Å²) >= 11 is 0. The van der Waals surface area contributed by atoms with E-state index in [1.165, 1.54) is 16.7 Å². The number of hydrogen-bond donors (Lipinski definition) is 1. The summed E-state index contributed by atoms with van der Waals surface area (Å²) < 4.78 is 0. The van der Waals surface area contributed by atoms with Gasteiger partial charge in [-0.2, -0.15) is 0 Å². The SMILES string of the molecule is CCc1ccc(CN(C(=O)C(C)=C2CNC2)C2CC2)cc1. The summed E-state index contributed by atoms with van der Waals surface area (Å²) in [5, 5.41) is 3.21. The van der Waals surface area contributed by atoms with E-state index in [0.717, 1.165) is 44.5 Å². The summed E-state index contributed by atoms with van der Waals surface area (Å²) in [4.78, 5) is 14.8. The third kappa shape index (κ3) is 3.18. The number of benzene rings is 1. The maximum Gasteiger partial charge on any atom is 0.250 e. The average molecular weight is 284 g/mol. The third-order valence-corrected chi connectivity index (χ3v) is 4.56. The van der Waals surface area contributed by atoms with Gasteiger partial charge >= 0.3 is 0 Å². The van der Waals surface area contributed by atoms with Gasteiger partial charge in [0.25, 0.3) is 0 Å². The molecule has 1 N–H and O–H groups in total. The van der Waals surface area contributed by atoms with Crippen molar-refractivity contribution in [2.45, 2.75) is 45.7 Å². The Bertz CT molecular complexity index is 549. The van der Waals surface area contributed by atoms with Crippen LogP contribution in [0.4, 0.5) is 0 Å². The van der Waals surface area contributed by atoms with E-state index in [9.17, 15) is 4.79 Å². The van der Waals surface area contributed by atoms with E-state index in [2.05, 4.69) is 41.4 Å². The highest BCUT2D eigenvalue weighted by Crippen LogP contribution is 2.30. The van der Waals surface area contributed by atoms with E-state index in [1.807, 2.05) is 6.92 Å². The molecular formula is C18H24N2O. The van der Waals surface area contributed by atoms with Gasteiger partial charge in [0.1, 0.15) is 0 Å². The highest BCUT2D eigenvalue weighted by atomic mass is 16.2. The molecule has 0 spiro atoms. The van der Waals surface area contributed by atoms with E-state index in [0.29, 0.717) is 6.04 Å². The van der Waals surface area contributed by atoms with Crippen molar-refractivity contribution in [1.82, 2.24) is 10.2 Å². The Morgan fingerprint density at radius 2 is 1.81 bits per heavy atom. The van der Waals surface area contributed by atoms with Crippen LogP contribution < -0.4 is 5.32 Å². The molecule has 1 saturated heterocycles. The minimum absolute atomic E-state index is 0.230. The molecule has 3 nitrogen and oxygen atoms in total. The van der Waals surface area contributed by atoms with Crippen molar-refractivity contribution in [2.75, 3.05) is 13.1 Å². The highest BCUT2D eigenvalue weighted by molar-refractivity contribution is 5.94. The zero-order valence-electron chi connectivity index (χ0n) is 13.0. The van der Waals surface area contributed by atoms with Gasteiger partial charge in [0.05, 0.1) is 0 Å². The van der Waals surface area contributed by atoms with Gasteiger partial charge in [-0.1, -0.05) is 31.2 Å². The molecule has 1 heterocycles. The fraction of sp³-hybridized carbons (Fsp3) is 0.500. The Hall–Kier alpha value is -1.61. The first kappa shape index (κ1) is 14.3. The quantitative estimate of drug-likeness (QED) is 0.843. The van der Waals surface area contributed by atoms with Crippen LogP contribution >= 0.6 is 0 Å². The monoisotopic (exact) mass is 284 g/mol. The van der Waals surface area contributed by atoms with Crippen LogP contribution in [0.2, 0.25) is 0 Å². The zero-order valence-corrected chi connectivity index (χ0v) is 13.0. The molecule has 1 aromatic rings. The van der Waals surface area contributed by atoms with Gasteiger partial charge in [0, 0.05) is 31.2 Å². The number of nitrogens with zero attached hydrogens (tertiary/aromatic N) is 1. The van der Waals surface area contributed by atoms with Crippen molar-refractivity contribution < 1.29 is 4.79 Å². The van der Waals surface area contributed by atoms with Crippen LogP contribution in [0.1, 0.15) is 37.8 Å². The summed E-state index contributed by atoms with van der Waals surface area (Å²) in [5.41, 5.74) is 4.80. The van der Waals surface area contributed by atoms with Gasteiger partial charge in [-0.15, -0.1) is 0 Å². The summed E-state index contributed by atoms with van der Waals surface area (Å²) in [6.07, 6.45) is 3.36. The summed E-state index contributed by atoms with van der Waals surface area (Å²) in [7, 11) is 0. The molecule has 1 amide bonds. The van der Waals surface area contributed by atoms with Crippen molar-refractivity contribution in [2.24, 2.45) is 0 Å². The lowest BCUT2D eigenvalue weighted by Gasteiger charge is -2.27. The van der Waals surface area contributed by atoms with Crippen molar-refractivity contribution in [3.8, 4) is 0 Å². The number of nitrogens with one attached hydrogen (secondary N) is 1. The van der Waals surface area contributed by atoms with Crippen molar-refractivity contribution in [3.05, 3.63) is 46.5 Å². The van der Waals surface area contributed by atoms with Crippen molar-refractivity contribution in [1.29, 1.82) is 0 Å². The molecule has 21 heavy (non-hydrogen) atoms. The molecule has 1 aliphatic carbocycles. The van der Waals surface area contributed by atoms with Crippen LogP contribution in [0, 0.1) is 0 Å². The Labute approximate surface area is 127 Å². The Kier molecular flexibility index (Phi) is 4.11. The molecule has 1 aliphatic heterocycles. The normalized spacial score (nSPS) is 17.3. The fourth-order valence-electron chi connectivity index (χ4n) is 2.71.